The first-order valence-corrected chi connectivity index (χ1v) is 13.1. The van der Waals surface area contributed by atoms with Crippen LogP contribution in [0.15, 0.2) is 42.9 Å². The molecule has 4 aromatic rings. The second-order valence-electron chi connectivity index (χ2n) is 8.82. The summed E-state index contributed by atoms with van der Waals surface area (Å²) < 4.78 is 6.40. The monoisotopic (exact) mass is 519 g/mol. The van der Waals surface area contributed by atoms with Crippen molar-refractivity contribution in [3.63, 3.8) is 0 Å². The highest BCUT2D eigenvalue weighted by Gasteiger charge is 2.17. The van der Waals surface area contributed by atoms with E-state index in [1.165, 1.54) is 11.3 Å². The summed E-state index contributed by atoms with van der Waals surface area (Å²) >= 11 is 1.41. The zero-order valence-corrected chi connectivity index (χ0v) is 21.6. The maximum absolute atomic E-state index is 12.1. The summed E-state index contributed by atoms with van der Waals surface area (Å²) in [7, 11) is 0. The molecule has 0 radical (unpaired) electrons. The quantitative estimate of drug-likeness (QED) is 0.336. The first-order chi connectivity index (χ1) is 18.0. The van der Waals surface area contributed by atoms with Gasteiger partial charge in [-0.25, -0.2) is 9.78 Å². The lowest BCUT2D eigenvalue weighted by Gasteiger charge is -2.26. The normalized spacial score (nSPS) is 15.0. The third-order valence-corrected chi connectivity index (χ3v) is 7.07. The van der Waals surface area contributed by atoms with E-state index in [-0.39, 0.29) is 6.03 Å². The van der Waals surface area contributed by atoms with Gasteiger partial charge in [0.05, 0.1) is 59.0 Å². The second kappa shape index (κ2) is 11.3. The number of carbonyl (C=O) groups excluding carboxylic acids is 1. The van der Waals surface area contributed by atoms with Gasteiger partial charge < -0.3 is 15.2 Å². The maximum Gasteiger partial charge on any atom is 0.321 e. The number of ether oxygens (including phenoxy) is 1. The Morgan fingerprint density at radius 3 is 2.73 bits per heavy atom. The highest BCUT2D eigenvalue weighted by Crippen LogP contribution is 2.38. The van der Waals surface area contributed by atoms with Gasteiger partial charge in [0.25, 0.3) is 0 Å². The van der Waals surface area contributed by atoms with E-state index in [9.17, 15) is 9.90 Å². The number of morpholine rings is 1. The van der Waals surface area contributed by atoms with E-state index >= 15 is 0 Å². The van der Waals surface area contributed by atoms with Crippen LogP contribution in [0.5, 0.6) is 0 Å². The smallest absolute Gasteiger partial charge is 0.321 e. The number of aromatic nitrogens is 4. The van der Waals surface area contributed by atoms with Gasteiger partial charge in [0, 0.05) is 43.5 Å². The molecule has 0 saturated carbocycles. The fraction of sp³-hybridized carbons (Fsp3) is 0.346. The Labute approximate surface area is 218 Å². The number of hydrogen-bond donors (Lipinski definition) is 3. The minimum absolute atomic E-state index is 0.298. The molecular formula is C26H29N7O3S. The Balaban J connectivity index is 1.56. The molecule has 1 fully saturated rings. The second-order valence-corrected chi connectivity index (χ2v) is 9.81. The van der Waals surface area contributed by atoms with Crippen molar-refractivity contribution < 1.29 is 14.6 Å². The average Bonchev–Trinajstić information content (AvgIpc) is 3.31. The molecule has 3 aromatic heterocycles. The van der Waals surface area contributed by atoms with Gasteiger partial charge in [-0.1, -0.05) is 11.3 Å². The number of urea groups is 1. The van der Waals surface area contributed by atoms with Crippen LogP contribution in [0.2, 0.25) is 0 Å². The summed E-state index contributed by atoms with van der Waals surface area (Å²) in [4.78, 5) is 32.7. The van der Waals surface area contributed by atoms with Crippen LogP contribution < -0.4 is 10.6 Å². The average molecular weight is 520 g/mol. The van der Waals surface area contributed by atoms with Crippen LogP contribution in [-0.4, -0.2) is 68.8 Å². The molecule has 2 amide bonds. The van der Waals surface area contributed by atoms with Crippen molar-refractivity contribution in [3.8, 4) is 22.5 Å². The van der Waals surface area contributed by atoms with E-state index in [0.717, 1.165) is 65.4 Å². The van der Waals surface area contributed by atoms with Crippen molar-refractivity contribution in [3.05, 3.63) is 54.1 Å². The van der Waals surface area contributed by atoms with Crippen molar-refractivity contribution in [2.45, 2.75) is 26.5 Å². The number of anilines is 1. The molecule has 192 valence electrons. The summed E-state index contributed by atoms with van der Waals surface area (Å²) in [5, 5.41) is 15.9. The Morgan fingerprint density at radius 2 is 2.00 bits per heavy atom. The highest BCUT2D eigenvalue weighted by molar-refractivity contribution is 7.22. The molecule has 1 unspecified atom stereocenters. The molecule has 5 rings (SSSR count). The largest absolute Gasteiger partial charge is 0.387 e. The zero-order valence-electron chi connectivity index (χ0n) is 20.8. The van der Waals surface area contributed by atoms with Gasteiger partial charge in [0.1, 0.15) is 0 Å². The van der Waals surface area contributed by atoms with Crippen molar-refractivity contribution in [1.82, 2.24) is 30.2 Å². The molecule has 3 N–H and O–H groups in total. The molecule has 0 aliphatic carbocycles. The van der Waals surface area contributed by atoms with E-state index in [1.807, 2.05) is 31.3 Å². The molecule has 1 aliphatic heterocycles. The minimum Gasteiger partial charge on any atom is -0.387 e. The van der Waals surface area contributed by atoms with E-state index in [4.69, 9.17) is 9.72 Å². The molecule has 1 aromatic carbocycles. The standard InChI is InChI=1S/C26H29N7O3S/c1-3-27-25(35)32-26-31-21-12-18(23-14-29-22(13-30-23)16(2)34)11-19(24(21)37-26)20-10-17(4-5-28-20)15-33-6-8-36-9-7-33/h4-5,10-14,16,34H,3,6-9,15H2,1-2H3,(H2,27,31,32,35). The molecule has 0 spiro atoms. The maximum atomic E-state index is 12.1. The van der Waals surface area contributed by atoms with Crippen molar-refractivity contribution >= 4 is 32.7 Å². The van der Waals surface area contributed by atoms with Gasteiger partial charge in [0.2, 0.25) is 0 Å². The Morgan fingerprint density at radius 1 is 1.16 bits per heavy atom. The Bertz CT molecular complexity index is 1380. The lowest BCUT2D eigenvalue weighted by Crippen LogP contribution is -2.35. The van der Waals surface area contributed by atoms with Crippen LogP contribution in [-0.2, 0) is 11.3 Å². The molecule has 11 heteroatoms. The van der Waals surface area contributed by atoms with Gasteiger partial charge in [-0.15, -0.1) is 0 Å². The summed E-state index contributed by atoms with van der Waals surface area (Å²) in [5.41, 5.74) is 5.59. The van der Waals surface area contributed by atoms with E-state index in [0.29, 0.717) is 23.1 Å². The Hall–Kier alpha value is -3.51. The molecule has 10 nitrogen and oxygen atoms in total. The number of hydrogen-bond acceptors (Lipinski definition) is 9. The number of pyridine rings is 1. The number of aliphatic hydroxyl groups excluding tert-OH is 1. The summed E-state index contributed by atoms with van der Waals surface area (Å²) in [5.74, 6) is 0. The SMILES string of the molecule is CCNC(=O)Nc1nc2cc(-c3cnc(C(C)O)cn3)cc(-c3cc(CN4CCOCC4)ccn3)c2s1. The number of benzene rings is 1. The highest BCUT2D eigenvalue weighted by atomic mass is 32.1. The van der Waals surface area contributed by atoms with Crippen molar-refractivity contribution in [1.29, 1.82) is 0 Å². The Kier molecular flexibility index (Phi) is 7.65. The van der Waals surface area contributed by atoms with Gasteiger partial charge in [0.15, 0.2) is 5.13 Å². The first-order valence-electron chi connectivity index (χ1n) is 12.3. The fourth-order valence-electron chi connectivity index (χ4n) is 4.17. The molecule has 1 saturated heterocycles. The molecule has 1 atom stereocenters. The molecule has 0 bridgehead atoms. The number of amides is 2. The lowest BCUT2D eigenvalue weighted by molar-refractivity contribution is 0.0342. The number of aliphatic hydroxyl groups is 1. The van der Waals surface area contributed by atoms with Gasteiger partial charge >= 0.3 is 6.03 Å². The fourth-order valence-corrected chi connectivity index (χ4v) is 5.13. The van der Waals surface area contributed by atoms with E-state index < -0.39 is 6.10 Å². The molecule has 1 aliphatic rings. The number of fused-ring (bicyclic) bond motifs is 1. The predicted octanol–water partition coefficient (Wildman–Crippen LogP) is 3.84. The van der Waals surface area contributed by atoms with E-state index in [2.05, 4.69) is 36.6 Å². The molecule has 4 heterocycles. The van der Waals surface area contributed by atoms with Crippen LogP contribution in [0.4, 0.5) is 9.93 Å². The number of nitrogens with zero attached hydrogens (tertiary/aromatic N) is 5. The summed E-state index contributed by atoms with van der Waals surface area (Å²) in [6.07, 6.45) is 4.36. The predicted molar refractivity (Wildman–Crippen MR) is 143 cm³/mol. The van der Waals surface area contributed by atoms with Crippen LogP contribution in [0.3, 0.4) is 0 Å². The van der Waals surface area contributed by atoms with Crippen molar-refractivity contribution in [2.24, 2.45) is 0 Å². The first kappa shape index (κ1) is 25.2. The lowest BCUT2D eigenvalue weighted by atomic mass is 10.0. The third-order valence-electron chi connectivity index (χ3n) is 6.05. The zero-order chi connectivity index (χ0) is 25.8. The number of nitrogens with one attached hydrogen (secondary N) is 2. The van der Waals surface area contributed by atoms with Crippen LogP contribution >= 0.6 is 11.3 Å². The van der Waals surface area contributed by atoms with Crippen LogP contribution in [0, 0.1) is 0 Å². The third kappa shape index (κ3) is 5.91. The van der Waals surface area contributed by atoms with Gasteiger partial charge in [-0.2, -0.15) is 0 Å². The van der Waals surface area contributed by atoms with Crippen molar-refractivity contribution in [2.75, 3.05) is 38.2 Å². The molecule has 37 heavy (non-hydrogen) atoms. The topological polar surface area (TPSA) is 125 Å². The van der Waals surface area contributed by atoms with Gasteiger partial charge in [-0.05, 0) is 43.7 Å². The number of rotatable bonds is 7. The number of thiazole rings is 1. The minimum atomic E-state index is -0.695. The van der Waals surface area contributed by atoms with Crippen LogP contribution in [0.1, 0.15) is 31.2 Å². The van der Waals surface area contributed by atoms with Crippen LogP contribution in [0.25, 0.3) is 32.7 Å². The number of carbonyl (C=O) groups is 1. The van der Waals surface area contributed by atoms with E-state index in [1.54, 1.807) is 19.3 Å². The summed E-state index contributed by atoms with van der Waals surface area (Å²) in [6, 6.07) is 7.81. The summed E-state index contributed by atoms with van der Waals surface area (Å²) in [6.45, 7) is 8.16. The molecular weight excluding hydrogens is 490 g/mol. The van der Waals surface area contributed by atoms with Gasteiger partial charge in [-0.3, -0.25) is 25.2 Å².